The molecule has 0 radical (unpaired) electrons. The van der Waals surface area contributed by atoms with Crippen LogP contribution >= 0.6 is 11.8 Å². The zero-order valence-electron chi connectivity index (χ0n) is 15.8. The molecule has 6 heteroatoms. The van der Waals surface area contributed by atoms with Gasteiger partial charge in [-0.1, -0.05) is 47.7 Å². The predicted octanol–water partition coefficient (Wildman–Crippen LogP) is 5.17. The van der Waals surface area contributed by atoms with Crippen LogP contribution in [0.4, 0.5) is 5.69 Å². The Morgan fingerprint density at radius 3 is 2.48 bits per heavy atom. The minimum Gasteiger partial charge on any atom is -0.411 e. The maximum atomic E-state index is 12.2. The number of rotatable bonds is 7. The van der Waals surface area contributed by atoms with E-state index in [1.54, 1.807) is 0 Å². The zero-order chi connectivity index (χ0) is 19.2. The fourth-order valence-corrected chi connectivity index (χ4v) is 3.64. The lowest BCUT2D eigenvalue weighted by Gasteiger charge is -2.12. The number of carbonyl (C=O) groups is 1. The molecule has 1 amide bonds. The molecular weight excluding hydrogens is 358 g/mol. The van der Waals surface area contributed by atoms with Gasteiger partial charge in [-0.15, -0.1) is 10.2 Å². The highest BCUT2D eigenvalue weighted by molar-refractivity contribution is 7.99. The lowest BCUT2D eigenvalue weighted by Crippen LogP contribution is -2.13. The number of aromatic nitrogens is 2. The normalized spacial score (nSPS) is 10.8. The van der Waals surface area contributed by atoms with Gasteiger partial charge < -0.3 is 9.73 Å². The van der Waals surface area contributed by atoms with Gasteiger partial charge in [0.1, 0.15) is 0 Å². The fourth-order valence-electron chi connectivity index (χ4n) is 2.94. The first-order chi connectivity index (χ1) is 13.0. The van der Waals surface area contributed by atoms with Crippen LogP contribution in [0.5, 0.6) is 0 Å². The second kappa shape index (κ2) is 8.86. The topological polar surface area (TPSA) is 68.0 Å². The van der Waals surface area contributed by atoms with Gasteiger partial charge in [-0.3, -0.25) is 4.79 Å². The summed E-state index contributed by atoms with van der Waals surface area (Å²) in [5.74, 6) is 1.29. The summed E-state index contributed by atoms with van der Waals surface area (Å²) in [6.45, 7) is 6.10. The molecule has 3 rings (SSSR count). The SMILES string of the molecule is Cc1cc(C)c(NC(=O)CCCSc2nnc(-c3ccccc3)o2)c(C)c1. The Hall–Kier alpha value is -2.60. The van der Waals surface area contributed by atoms with Crippen LogP contribution in [0.25, 0.3) is 11.5 Å². The molecule has 1 N–H and O–H groups in total. The Kier molecular flexibility index (Phi) is 6.29. The highest BCUT2D eigenvalue weighted by atomic mass is 32.2. The molecule has 0 atom stereocenters. The first-order valence-corrected chi connectivity index (χ1v) is 9.91. The Morgan fingerprint density at radius 2 is 1.78 bits per heavy atom. The summed E-state index contributed by atoms with van der Waals surface area (Å²) in [7, 11) is 0. The summed E-state index contributed by atoms with van der Waals surface area (Å²) < 4.78 is 5.66. The first-order valence-electron chi connectivity index (χ1n) is 8.92. The number of hydrogen-bond acceptors (Lipinski definition) is 5. The van der Waals surface area contributed by atoms with E-state index in [1.807, 2.05) is 44.2 Å². The summed E-state index contributed by atoms with van der Waals surface area (Å²) in [5.41, 5.74) is 5.21. The van der Waals surface area contributed by atoms with Crippen molar-refractivity contribution < 1.29 is 9.21 Å². The fraction of sp³-hybridized carbons (Fsp3) is 0.286. The second-order valence-electron chi connectivity index (χ2n) is 6.51. The number of aryl methyl sites for hydroxylation is 3. The van der Waals surface area contributed by atoms with Gasteiger partial charge in [-0.2, -0.15) is 0 Å². The molecule has 0 fully saturated rings. The number of nitrogens with zero attached hydrogens (tertiary/aromatic N) is 2. The summed E-state index contributed by atoms with van der Waals surface area (Å²) in [6.07, 6.45) is 1.20. The van der Waals surface area contributed by atoms with Crippen molar-refractivity contribution in [2.45, 2.75) is 38.8 Å². The molecule has 0 bridgehead atoms. The summed E-state index contributed by atoms with van der Waals surface area (Å²) in [5, 5.41) is 11.7. The van der Waals surface area contributed by atoms with Gasteiger partial charge in [-0.25, -0.2) is 0 Å². The van der Waals surface area contributed by atoms with Gasteiger partial charge in [0.2, 0.25) is 11.8 Å². The van der Waals surface area contributed by atoms with Crippen LogP contribution in [0.1, 0.15) is 29.5 Å². The minimum absolute atomic E-state index is 0.0288. The number of benzene rings is 2. The van der Waals surface area contributed by atoms with E-state index < -0.39 is 0 Å². The van der Waals surface area contributed by atoms with Gasteiger partial charge in [-0.05, 0) is 50.5 Å². The van der Waals surface area contributed by atoms with Gasteiger partial charge >= 0.3 is 0 Å². The molecule has 27 heavy (non-hydrogen) atoms. The molecule has 1 heterocycles. The third kappa shape index (κ3) is 5.20. The molecule has 140 valence electrons. The Labute approximate surface area is 163 Å². The van der Waals surface area contributed by atoms with E-state index in [9.17, 15) is 4.79 Å². The summed E-state index contributed by atoms with van der Waals surface area (Å²) >= 11 is 1.47. The lowest BCUT2D eigenvalue weighted by atomic mass is 10.0. The first kappa shape index (κ1) is 19.2. The van der Waals surface area contributed by atoms with Crippen molar-refractivity contribution >= 4 is 23.4 Å². The van der Waals surface area contributed by atoms with Crippen molar-refractivity contribution in [3.63, 3.8) is 0 Å². The van der Waals surface area contributed by atoms with E-state index in [2.05, 4.69) is 34.6 Å². The third-order valence-corrected chi connectivity index (χ3v) is 5.05. The average molecular weight is 382 g/mol. The molecule has 0 unspecified atom stereocenters. The van der Waals surface area contributed by atoms with Crippen LogP contribution in [0.3, 0.4) is 0 Å². The molecule has 1 aromatic heterocycles. The van der Waals surface area contributed by atoms with E-state index in [0.717, 1.165) is 34.6 Å². The highest BCUT2D eigenvalue weighted by Crippen LogP contribution is 2.24. The number of thioether (sulfide) groups is 1. The smallest absolute Gasteiger partial charge is 0.276 e. The molecule has 0 aliphatic heterocycles. The standard InChI is InChI=1S/C21H23N3O2S/c1-14-12-15(2)19(16(3)13-14)22-18(25)10-7-11-27-21-24-23-20(26-21)17-8-5-4-6-9-17/h4-6,8-9,12-13H,7,10-11H2,1-3H3,(H,22,25). The number of anilines is 1. The van der Waals surface area contributed by atoms with Gasteiger partial charge in [0.15, 0.2) is 0 Å². The van der Waals surface area contributed by atoms with Crippen molar-refractivity contribution in [2.75, 3.05) is 11.1 Å². The molecule has 5 nitrogen and oxygen atoms in total. The molecule has 0 aliphatic rings. The third-order valence-electron chi connectivity index (χ3n) is 4.14. The highest BCUT2D eigenvalue weighted by Gasteiger charge is 2.10. The van der Waals surface area contributed by atoms with Crippen molar-refractivity contribution in [3.05, 3.63) is 59.2 Å². The number of amides is 1. The van der Waals surface area contributed by atoms with E-state index >= 15 is 0 Å². The maximum absolute atomic E-state index is 12.2. The molecule has 0 saturated carbocycles. The van der Waals surface area contributed by atoms with Crippen LogP contribution in [0.15, 0.2) is 52.1 Å². The molecular formula is C21H23N3O2S. The van der Waals surface area contributed by atoms with E-state index in [4.69, 9.17) is 4.42 Å². The lowest BCUT2D eigenvalue weighted by molar-refractivity contribution is -0.116. The number of carbonyl (C=O) groups excluding carboxylic acids is 1. The van der Waals surface area contributed by atoms with Gasteiger partial charge in [0, 0.05) is 23.4 Å². The predicted molar refractivity (Wildman–Crippen MR) is 109 cm³/mol. The Bertz CT molecular complexity index is 899. The van der Waals surface area contributed by atoms with Gasteiger partial charge in [0.05, 0.1) is 0 Å². The molecule has 2 aromatic carbocycles. The van der Waals surface area contributed by atoms with Crippen LogP contribution < -0.4 is 5.32 Å². The van der Waals surface area contributed by atoms with Gasteiger partial charge in [0.25, 0.3) is 5.22 Å². The molecule has 3 aromatic rings. The largest absolute Gasteiger partial charge is 0.411 e. The van der Waals surface area contributed by atoms with E-state index in [-0.39, 0.29) is 5.91 Å². The van der Waals surface area contributed by atoms with Crippen LogP contribution in [0, 0.1) is 20.8 Å². The molecule has 0 aliphatic carbocycles. The van der Waals surface area contributed by atoms with E-state index in [1.165, 1.54) is 17.3 Å². The second-order valence-corrected chi connectivity index (χ2v) is 7.56. The number of hydrogen-bond donors (Lipinski definition) is 1. The Morgan fingerprint density at radius 1 is 1.07 bits per heavy atom. The monoisotopic (exact) mass is 381 g/mol. The van der Waals surface area contributed by atoms with Crippen molar-refractivity contribution in [3.8, 4) is 11.5 Å². The van der Waals surface area contributed by atoms with Crippen LogP contribution in [0.2, 0.25) is 0 Å². The van der Waals surface area contributed by atoms with Crippen LogP contribution in [-0.2, 0) is 4.79 Å². The molecule has 0 spiro atoms. The number of nitrogens with one attached hydrogen (secondary N) is 1. The summed E-state index contributed by atoms with van der Waals surface area (Å²) in [6, 6.07) is 13.8. The minimum atomic E-state index is 0.0288. The quantitative estimate of drug-likeness (QED) is 0.451. The summed E-state index contributed by atoms with van der Waals surface area (Å²) in [4.78, 5) is 12.2. The average Bonchev–Trinajstić information content (AvgIpc) is 3.11. The van der Waals surface area contributed by atoms with Crippen LogP contribution in [-0.4, -0.2) is 21.9 Å². The zero-order valence-corrected chi connectivity index (χ0v) is 16.6. The Balaban J connectivity index is 1.45. The van der Waals surface area contributed by atoms with E-state index in [0.29, 0.717) is 17.5 Å². The van der Waals surface area contributed by atoms with Crippen molar-refractivity contribution in [1.29, 1.82) is 0 Å². The van der Waals surface area contributed by atoms with Crippen molar-refractivity contribution in [2.24, 2.45) is 0 Å². The van der Waals surface area contributed by atoms with Crippen molar-refractivity contribution in [1.82, 2.24) is 10.2 Å². The maximum Gasteiger partial charge on any atom is 0.276 e. The molecule has 0 saturated heterocycles.